The molecular formula is C14H19NO4S. The molecule has 5 nitrogen and oxygen atoms in total. The molecule has 20 heavy (non-hydrogen) atoms. The minimum Gasteiger partial charge on any atom is -0.467 e. The first kappa shape index (κ1) is 14.8. The summed E-state index contributed by atoms with van der Waals surface area (Å²) in [5.74, 6) is -0.622. The lowest BCUT2D eigenvalue weighted by Crippen LogP contribution is -2.55. The predicted molar refractivity (Wildman–Crippen MR) is 77.4 cm³/mol. The standard InChI is InChI=1S/C14H19NO4S/c1-11-4-6-12(7-5-11)15-14(13(16)19-2)8-3-9-20(17,18)10-14/h4-7,15H,3,8-10H2,1-2H3. The fraction of sp³-hybridized carbons (Fsp3) is 0.500. The van der Waals surface area contributed by atoms with E-state index in [9.17, 15) is 13.2 Å². The van der Waals surface area contributed by atoms with Gasteiger partial charge < -0.3 is 10.1 Å². The van der Waals surface area contributed by atoms with Crippen LogP contribution >= 0.6 is 0 Å². The van der Waals surface area contributed by atoms with Gasteiger partial charge >= 0.3 is 5.97 Å². The summed E-state index contributed by atoms with van der Waals surface area (Å²) in [5, 5.41) is 3.07. The van der Waals surface area contributed by atoms with Gasteiger partial charge in [0.25, 0.3) is 0 Å². The summed E-state index contributed by atoms with van der Waals surface area (Å²) in [6, 6.07) is 7.48. The largest absolute Gasteiger partial charge is 0.467 e. The third-order valence-corrected chi connectivity index (χ3v) is 5.38. The maximum atomic E-state index is 12.1. The molecule has 1 aliphatic heterocycles. The number of rotatable bonds is 3. The average molecular weight is 297 g/mol. The van der Waals surface area contributed by atoms with E-state index in [0.29, 0.717) is 12.8 Å². The van der Waals surface area contributed by atoms with Gasteiger partial charge in [-0.1, -0.05) is 17.7 Å². The van der Waals surface area contributed by atoms with Gasteiger partial charge in [-0.25, -0.2) is 13.2 Å². The zero-order chi connectivity index (χ0) is 14.8. The van der Waals surface area contributed by atoms with E-state index in [4.69, 9.17) is 4.74 Å². The lowest BCUT2D eigenvalue weighted by atomic mass is 9.94. The molecule has 0 amide bonds. The molecule has 0 aromatic heterocycles. The Kier molecular flexibility index (Phi) is 4.04. The van der Waals surface area contributed by atoms with Crippen LogP contribution < -0.4 is 5.32 Å². The molecule has 1 fully saturated rings. The number of hydrogen-bond donors (Lipinski definition) is 1. The molecule has 0 aliphatic carbocycles. The number of benzene rings is 1. The number of hydrogen-bond acceptors (Lipinski definition) is 5. The Morgan fingerprint density at radius 1 is 1.30 bits per heavy atom. The van der Waals surface area contributed by atoms with Crippen molar-refractivity contribution in [3.8, 4) is 0 Å². The van der Waals surface area contributed by atoms with E-state index >= 15 is 0 Å². The van der Waals surface area contributed by atoms with Crippen LogP contribution in [0.5, 0.6) is 0 Å². The van der Waals surface area contributed by atoms with Crippen LogP contribution in [0, 0.1) is 6.92 Å². The smallest absolute Gasteiger partial charge is 0.332 e. The minimum absolute atomic E-state index is 0.126. The lowest BCUT2D eigenvalue weighted by Gasteiger charge is -2.35. The fourth-order valence-electron chi connectivity index (χ4n) is 2.53. The van der Waals surface area contributed by atoms with Crippen molar-refractivity contribution in [1.29, 1.82) is 0 Å². The number of nitrogens with one attached hydrogen (secondary N) is 1. The first-order chi connectivity index (χ1) is 9.37. The van der Waals surface area contributed by atoms with Crippen molar-refractivity contribution >= 4 is 21.5 Å². The number of methoxy groups -OCH3 is 1. The Hall–Kier alpha value is -1.56. The van der Waals surface area contributed by atoms with E-state index in [1.54, 1.807) is 0 Å². The Balaban J connectivity index is 2.32. The summed E-state index contributed by atoms with van der Waals surface area (Å²) >= 11 is 0. The minimum atomic E-state index is -3.24. The van der Waals surface area contributed by atoms with Gasteiger partial charge in [0, 0.05) is 5.69 Å². The molecule has 110 valence electrons. The van der Waals surface area contributed by atoms with Gasteiger partial charge in [-0.15, -0.1) is 0 Å². The van der Waals surface area contributed by atoms with E-state index in [0.717, 1.165) is 11.3 Å². The topological polar surface area (TPSA) is 72.5 Å². The maximum absolute atomic E-state index is 12.1. The molecule has 0 radical (unpaired) electrons. The molecule has 1 aromatic rings. The number of sulfone groups is 1. The Labute approximate surface area is 119 Å². The number of ether oxygens (including phenoxy) is 1. The second-order valence-corrected chi connectivity index (χ2v) is 7.44. The van der Waals surface area contributed by atoms with E-state index in [2.05, 4.69) is 5.32 Å². The third-order valence-electron chi connectivity index (χ3n) is 3.54. The van der Waals surface area contributed by atoms with Crippen molar-refractivity contribution in [2.45, 2.75) is 25.3 Å². The molecule has 2 rings (SSSR count). The van der Waals surface area contributed by atoms with Crippen molar-refractivity contribution in [2.24, 2.45) is 0 Å². The second-order valence-electron chi connectivity index (χ2n) is 5.26. The van der Waals surface area contributed by atoms with Gasteiger partial charge in [0.1, 0.15) is 5.54 Å². The molecule has 0 bridgehead atoms. The highest BCUT2D eigenvalue weighted by Gasteiger charge is 2.46. The monoisotopic (exact) mass is 297 g/mol. The van der Waals surface area contributed by atoms with Crippen molar-refractivity contribution in [1.82, 2.24) is 0 Å². The molecule has 1 aliphatic rings. The van der Waals surface area contributed by atoms with Crippen LogP contribution in [0.4, 0.5) is 5.69 Å². The molecule has 6 heteroatoms. The highest BCUT2D eigenvalue weighted by molar-refractivity contribution is 7.91. The number of anilines is 1. The Bertz CT molecular complexity index is 594. The number of aryl methyl sites for hydroxylation is 1. The van der Waals surface area contributed by atoms with Gasteiger partial charge in [-0.3, -0.25) is 0 Å². The first-order valence-corrected chi connectivity index (χ1v) is 8.33. The summed E-state index contributed by atoms with van der Waals surface area (Å²) in [6.07, 6.45) is 0.906. The molecule has 1 unspecified atom stereocenters. The van der Waals surface area contributed by atoms with Crippen molar-refractivity contribution in [2.75, 3.05) is 23.9 Å². The second kappa shape index (κ2) is 5.44. The van der Waals surface area contributed by atoms with Crippen molar-refractivity contribution in [3.63, 3.8) is 0 Å². The molecule has 1 aromatic carbocycles. The van der Waals surface area contributed by atoms with E-state index < -0.39 is 21.3 Å². The van der Waals surface area contributed by atoms with Crippen LogP contribution in [0.2, 0.25) is 0 Å². The first-order valence-electron chi connectivity index (χ1n) is 6.51. The molecule has 0 spiro atoms. The molecular weight excluding hydrogens is 278 g/mol. The SMILES string of the molecule is COC(=O)C1(Nc2ccc(C)cc2)CCCS(=O)(=O)C1. The summed E-state index contributed by atoms with van der Waals surface area (Å²) in [7, 11) is -1.96. The van der Waals surface area contributed by atoms with Gasteiger partial charge in [-0.2, -0.15) is 0 Å². The highest BCUT2D eigenvalue weighted by atomic mass is 32.2. The molecule has 1 N–H and O–H groups in total. The average Bonchev–Trinajstić information content (AvgIpc) is 2.39. The molecule has 1 saturated heterocycles. The van der Waals surface area contributed by atoms with Crippen molar-refractivity contribution in [3.05, 3.63) is 29.8 Å². The number of carbonyl (C=O) groups excluding carboxylic acids is 1. The predicted octanol–water partition coefficient (Wildman–Crippen LogP) is 1.53. The van der Waals surface area contributed by atoms with Crippen LogP contribution in [0.1, 0.15) is 18.4 Å². The summed E-state index contributed by atoms with van der Waals surface area (Å²) in [4.78, 5) is 12.1. The Morgan fingerprint density at radius 3 is 2.50 bits per heavy atom. The van der Waals surface area contributed by atoms with E-state index in [-0.39, 0.29) is 11.5 Å². The zero-order valence-corrected chi connectivity index (χ0v) is 12.5. The van der Waals surface area contributed by atoms with Gasteiger partial charge in [0.05, 0.1) is 18.6 Å². The molecule has 0 saturated carbocycles. The summed E-state index contributed by atoms with van der Waals surface area (Å²) < 4.78 is 28.6. The van der Waals surface area contributed by atoms with Crippen LogP contribution in [0.25, 0.3) is 0 Å². The van der Waals surface area contributed by atoms with Crippen LogP contribution in [0.3, 0.4) is 0 Å². The van der Waals surface area contributed by atoms with Crippen LogP contribution in [-0.4, -0.2) is 38.5 Å². The van der Waals surface area contributed by atoms with Gasteiger partial charge in [0.15, 0.2) is 9.84 Å². The Morgan fingerprint density at radius 2 is 1.95 bits per heavy atom. The lowest BCUT2D eigenvalue weighted by molar-refractivity contribution is -0.145. The maximum Gasteiger partial charge on any atom is 0.332 e. The van der Waals surface area contributed by atoms with Gasteiger partial charge in [0.2, 0.25) is 0 Å². The zero-order valence-electron chi connectivity index (χ0n) is 11.7. The third kappa shape index (κ3) is 3.12. The highest BCUT2D eigenvalue weighted by Crippen LogP contribution is 2.28. The fourth-order valence-corrected chi connectivity index (χ4v) is 4.35. The van der Waals surface area contributed by atoms with Crippen LogP contribution in [0.15, 0.2) is 24.3 Å². The number of carbonyl (C=O) groups is 1. The van der Waals surface area contributed by atoms with E-state index in [1.165, 1.54) is 7.11 Å². The molecule has 1 heterocycles. The van der Waals surface area contributed by atoms with Gasteiger partial charge in [-0.05, 0) is 31.9 Å². The quantitative estimate of drug-likeness (QED) is 0.857. The summed E-state index contributed by atoms with van der Waals surface area (Å²) in [5.41, 5.74) is 0.637. The van der Waals surface area contributed by atoms with Crippen LogP contribution in [-0.2, 0) is 19.4 Å². The summed E-state index contributed by atoms with van der Waals surface area (Å²) in [6.45, 7) is 1.96. The van der Waals surface area contributed by atoms with Crippen molar-refractivity contribution < 1.29 is 17.9 Å². The normalized spacial score (nSPS) is 24.9. The van der Waals surface area contributed by atoms with E-state index in [1.807, 2.05) is 31.2 Å². The number of esters is 1. The molecule has 1 atom stereocenters.